The molecular weight excluding hydrogens is 502 g/mol. The highest BCUT2D eigenvalue weighted by Gasteiger charge is 2.47. The maximum absolute atomic E-state index is 14.5. The van der Waals surface area contributed by atoms with Crippen molar-refractivity contribution in [2.45, 2.75) is 46.5 Å². The van der Waals surface area contributed by atoms with Gasteiger partial charge in [0.15, 0.2) is 0 Å². The molecule has 0 aliphatic rings. The molecule has 0 saturated heterocycles. The van der Waals surface area contributed by atoms with Gasteiger partial charge in [-0.05, 0) is 77.7 Å². The van der Waals surface area contributed by atoms with Crippen molar-refractivity contribution >= 4 is 32.4 Å². The van der Waals surface area contributed by atoms with E-state index < -0.39 is 23.3 Å². The van der Waals surface area contributed by atoms with Crippen LogP contribution in [0.3, 0.4) is 0 Å². The van der Waals surface area contributed by atoms with E-state index in [9.17, 15) is 26.3 Å². The Balaban J connectivity index is 1.79. The summed E-state index contributed by atoms with van der Waals surface area (Å²) in [6.07, 6.45) is -8.19. The summed E-state index contributed by atoms with van der Waals surface area (Å²) in [6, 6.07) is 15.1. The Morgan fingerprint density at radius 1 is 0.684 bits per heavy atom. The van der Waals surface area contributed by atoms with Gasteiger partial charge in [-0.15, -0.1) is 0 Å². The minimum absolute atomic E-state index is 0.0223. The highest BCUT2D eigenvalue weighted by atomic mass is 19.4. The summed E-state index contributed by atoms with van der Waals surface area (Å²) in [5, 5.41) is 1.60. The molecule has 0 bridgehead atoms. The fourth-order valence-corrected chi connectivity index (χ4v) is 5.06. The molecular formula is C30H24F6N2. The Labute approximate surface area is 215 Å². The van der Waals surface area contributed by atoms with Gasteiger partial charge in [0.25, 0.3) is 0 Å². The van der Waals surface area contributed by atoms with Gasteiger partial charge in [0, 0.05) is 10.9 Å². The van der Waals surface area contributed by atoms with Crippen LogP contribution in [0, 0.1) is 19.3 Å². The minimum Gasteiger partial charge on any atom is -0.236 e. The van der Waals surface area contributed by atoms with E-state index in [0.717, 1.165) is 31.3 Å². The van der Waals surface area contributed by atoms with Crippen molar-refractivity contribution in [3.63, 3.8) is 0 Å². The van der Waals surface area contributed by atoms with Crippen LogP contribution in [0.1, 0.15) is 36.1 Å². The fourth-order valence-electron chi connectivity index (χ4n) is 5.06. The maximum atomic E-state index is 14.5. The van der Waals surface area contributed by atoms with Crippen LogP contribution in [0.2, 0.25) is 0 Å². The lowest BCUT2D eigenvalue weighted by molar-refractivity contribution is -0.211. The van der Waals surface area contributed by atoms with Gasteiger partial charge in [0.2, 0.25) is 0 Å². The van der Waals surface area contributed by atoms with E-state index in [-0.39, 0.29) is 22.7 Å². The zero-order valence-corrected chi connectivity index (χ0v) is 21.1. The summed E-state index contributed by atoms with van der Waals surface area (Å²) in [6.45, 7) is 6.07. The Hall–Kier alpha value is -3.68. The number of aromatic nitrogens is 2. The number of nitrogens with zero attached hydrogens (tertiary/aromatic N) is 2. The van der Waals surface area contributed by atoms with Crippen LogP contribution in [-0.4, -0.2) is 16.1 Å². The van der Waals surface area contributed by atoms with Crippen molar-refractivity contribution in [3.05, 3.63) is 83.2 Å². The predicted molar refractivity (Wildman–Crippen MR) is 138 cm³/mol. The molecule has 2 nitrogen and oxygen atoms in total. The Morgan fingerprint density at radius 2 is 1.34 bits per heavy atom. The van der Waals surface area contributed by atoms with Crippen molar-refractivity contribution in [1.29, 1.82) is 0 Å². The van der Waals surface area contributed by atoms with Gasteiger partial charge >= 0.3 is 12.4 Å². The highest BCUT2D eigenvalue weighted by molar-refractivity contribution is 6.09. The number of benzene rings is 4. The first-order valence-corrected chi connectivity index (χ1v) is 12.0. The van der Waals surface area contributed by atoms with E-state index in [4.69, 9.17) is 0 Å². The average molecular weight is 527 g/mol. The van der Waals surface area contributed by atoms with Crippen LogP contribution in [-0.2, 0) is 12.6 Å². The third kappa shape index (κ3) is 4.57. The molecule has 8 heteroatoms. The zero-order chi connectivity index (χ0) is 27.6. The lowest BCUT2D eigenvalue weighted by Gasteiger charge is -2.27. The van der Waals surface area contributed by atoms with Crippen LogP contribution in [0.4, 0.5) is 26.3 Å². The standard InChI is InChI=1S/C30H24F6N2/c1-16-7-17(2)9-22(8-16)26-24-13-21-11-20-10-18(14-28(3,4)30(34,35)36)5-6-19(20)12-23(21)25(29(31,32)33)27(24)38-15-37-26/h5-13,15H,14H2,1-4H3. The Morgan fingerprint density at radius 3 is 1.97 bits per heavy atom. The van der Waals surface area contributed by atoms with E-state index in [2.05, 4.69) is 9.97 Å². The quantitative estimate of drug-likeness (QED) is 0.173. The summed E-state index contributed by atoms with van der Waals surface area (Å²) in [4.78, 5) is 8.39. The van der Waals surface area contributed by atoms with E-state index in [1.807, 2.05) is 32.0 Å². The second-order valence-corrected chi connectivity index (χ2v) is 10.6. The zero-order valence-electron chi connectivity index (χ0n) is 21.1. The number of aryl methyl sites for hydroxylation is 2. The van der Waals surface area contributed by atoms with Crippen molar-refractivity contribution in [1.82, 2.24) is 9.97 Å². The number of rotatable bonds is 3. The normalized spacial score (nSPS) is 13.1. The van der Waals surface area contributed by atoms with Crippen LogP contribution >= 0.6 is 0 Å². The smallest absolute Gasteiger partial charge is 0.236 e. The summed E-state index contributed by atoms with van der Waals surface area (Å²) >= 11 is 0. The second kappa shape index (κ2) is 8.68. The van der Waals surface area contributed by atoms with Gasteiger partial charge in [-0.1, -0.05) is 49.2 Å². The summed E-state index contributed by atoms with van der Waals surface area (Å²) in [5.41, 5.74) is 0.409. The SMILES string of the molecule is Cc1cc(C)cc(-c2ncnc3c(C(F)(F)F)c4cc5ccc(CC(C)(C)C(F)(F)F)cc5cc4cc23)c1. The molecule has 0 fully saturated rings. The van der Waals surface area contributed by atoms with E-state index in [0.29, 0.717) is 33.0 Å². The number of hydrogen-bond acceptors (Lipinski definition) is 2. The van der Waals surface area contributed by atoms with Crippen molar-refractivity contribution < 1.29 is 26.3 Å². The van der Waals surface area contributed by atoms with Crippen LogP contribution in [0.15, 0.2) is 60.9 Å². The van der Waals surface area contributed by atoms with E-state index in [1.54, 1.807) is 24.3 Å². The van der Waals surface area contributed by atoms with E-state index >= 15 is 0 Å². The molecule has 5 rings (SSSR count). The Kier molecular flexibility index (Phi) is 5.93. The monoisotopic (exact) mass is 526 g/mol. The number of alkyl halides is 6. The van der Waals surface area contributed by atoms with Gasteiger partial charge in [-0.2, -0.15) is 26.3 Å². The first-order chi connectivity index (χ1) is 17.6. The first-order valence-electron chi connectivity index (χ1n) is 12.0. The highest BCUT2D eigenvalue weighted by Crippen LogP contribution is 2.44. The van der Waals surface area contributed by atoms with E-state index in [1.165, 1.54) is 12.1 Å². The lowest BCUT2D eigenvalue weighted by Crippen LogP contribution is -2.34. The first kappa shape index (κ1) is 25.9. The maximum Gasteiger partial charge on any atom is 0.419 e. The molecule has 0 unspecified atom stereocenters. The second-order valence-electron chi connectivity index (χ2n) is 10.6. The van der Waals surface area contributed by atoms with Gasteiger partial charge in [0.05, 0.1) is 22.2 Å². The molecule has 0 atom stereocenters. The van der Waals surface area contributed by atoms with Crippen LogP contribution in [0.25, 0.3) is 43.7 Å². The van der Waals surface area contributed by atoms with Crippen LogP contribution < -0.4 is 0 Å². The number of hydrogen-bond donors (Lipinski definition) is 0. The molecule has 0 N–H and O–H groups in total. The molecule has 0 aliphatic carbocycles. The summed E-state index contributed by atoms with van der Waals surface area (Å²) in [7, 11) is 0. The molecule has 38 heavy (non-hydrogen) atoms. The summed E-state index contributed by atoms with van der Waals surface area (Å²) in [5.74, 6) is 0. The van der Waals surface area contributed by atoms with Crippen LogP contribution in [0.5, 0.6) is 0 Å². The van der Waals surface area contributed by atoms with Crippen molar-refractivity contribution in [3.8, 4) is 11.3 Å². The molecule has 4 aromatic carbocycles. The van der Waals surface area contributed by atoms with Gasteiger partial charge < -0.3 is 0 Å². The van der Waals surface area contributed by atoms with Crippen molar-refractivity contribution in [2.75, 3.05) is 0 Å². The van der Waals surface area contributed by atoms with Gasteiger partial charge in [0.1, 0.15) is 6.33 Å². The molecule has 0 amide bonds. The molecule has 1 heterocycles. The molecule has 0 spiro atoms. The topological polar surface area (TPSA) is 25.8 Å². The van der Waals surface area contributed by atoms with Crippen molar-refractivity contribution in [2.24, 2.45) is 5.41 Å². The number of halogens is 6. The molecule has 1 aromatic heterocycles. The van der Waals surface area contributed by atoms with Gasteiger partial charge in [-0.3, -0.25) is 0 Å². The third-order valence-corrected chi connectivity index (χ3v) is 6.95. The molecule has 5 aromatic rings. The molecule has 0 saturated carbocycles. The van der Waals surface area contributed by atoms with Gasteiger partial charge in [-0.25, -0.2) is 9.97 Å². The Bertz CT molecular complexity index is 1690. The fraction of sp³-hybridized carbons (Fsp3) is 0.267. The lowest BCUT2D eigenvalue weighted by atomic mass is 9.84. The summed E-state index contributed by atoms with van der Waals surface area (Å²) < 4.78 is 83.9. The largest absolute Gasteiger partial charge is 0.419 e. The molecule has 0 radical (unpaired) electrons. The predicted octanol–water partition coefficient (Wildman–Crippen LogP) is 9.37. The average Bonchev–Trinajstić information content (AvgIpc) is 2.78. The molecule has 196 valence electrons. The number of fused-ring (bicyclic) bond motifs is 3. The minimum atomic E-state index is -4.70. The molecule has 0 aliphatic heterocycles. The third-order valence-electron chi connectivity index (χ3n) is 6.95.